The molecule has 5 fully saturated rings. The molecule has 0 atom stereocenters. The molecule has 0 aromatic heterocycles. The van der Waals surface area contributed by atoms with Crippen LogP contribution < -0.4 is 5.32 Å². The summed E-state index contributed by atoms with van der Waals surface area (Å²) in [6.07, 6.45) is 11.5. The molecule has 112 valence electrons. The molecule has 0 aromatic rings. The highest BCUT2D eigenvalue weighted by Gasteiger charge is 2.51. The number of nitrogens with one attached hydrogen (secondary N) is 1. The van der Waals surface area contributed by atoms with Gasteiger partial charge in [-0.3, -0.25) is 4.79 Å². The van der Waals surface area contributed by atoms with E-state index in [1.807, 2.05) is 0 Å². The third-order valence-electron chi connectivity index (χ3n) is 6.30. The molecule has 0 unspecified atom stereocenters. The summed E-state index contributed by atoms with van der Waals surface area (Å²) >= 11 is 0. The van der Waals surface area contributed by atoms with E-state index in [0.29, 0.717) is 12.3 Å². The molecule has 4 aliphatic carbocycles. The molecule has 1 aliphatic heterocycles. The largest absolute Gasteiger partial charge is 0.351 e. The van der Waals surface area contributed by atoms with Gasteiger partial charge < -0.3 is 10.2 Å². The number of amides is 1. The molecule has 5 rings (SSSR count). The number of likely N-dealkylation sites (tertiary alicyclic amines) is 1. The van der Waals surface area contributed by atoms with Crippen molar-refractivity contribution < 1.29 is 4.79 Å². The Bertz CT molecular complexity index is 351. The number of hydrogen-bond donors (Lipinski definition) is 1. The topological polar surface area (TPSA) is 32.3 Å². The summed E-state index contributed by atoms with van der Waals surface area (Å²) < 4.78 is 0. The van der Waals surface area contributed by atoms with E-state index < -0.39 is 0 Å². The SMILES string of the molecule is O=C(CCN1CCCC1)NC12CC3CC(CC(C3)C1)C2. The van der Waals surface area contributed by atoms with Crippen LogP contribution in [0.5, 0.6) is 0 Å². The van der Waals surface area contributed by atoms with E-state index >= 15 is 0 Å². The van der Waals surface area contributed by atoms with E-state index in [4.69, 9.17) is 0 Å². The molecule has 3 heteroatoms. The fourth-order valence-electron chi connectivity index (χ4n) is 5.89. The lowest BCUT2D eigenvalue weighted by Gasteiger charge is -2.57. The first-order valence-electron chi connectivity index (χ1n) is 8.74. The number of carbonyl (C=O) groups is 1. The van der Waals surface area contributed by atoms with Crippen molar-refractivity contribution in [3.05, 3.63) is 0 Å². The van der Waals surface area contributed by atoms with Crippen molar-refractivity contribution in [2.45, 2.75) is 63.3 Å². The van der Waals surface area contributed by atoms with E-state index in [2.05, 4.69) is 10.2 Å². The van der Waals surface area contributed by atoms with Gasteiger partial charge in [0, 0.05) is 18.5 Å². The quantitative estimate of drug-likeness (QED) is 0.856. The highest BCUT2D eigenvalue weighted by molar-refractivity contribution is 5.77. The van der Waals surface area contributed by atoms with E-state index in [-0.39, 0.29) is 5.54 Å². The molecule has 4 bridgehead atoms. The maximum atomic E-state index is 12.3. The normalized spacial score (nSPS) is 43.1. The molecular weight excluding hydrogens is 248 g/mol. The van der Waals surface area contributed by atoms with Crippen LogP contribution in [0.1, 0.15) is 57.8 Å². The fraction of sp³-hybridized carbons (Fsp3) is 0.941. The van der Waals surface area contributed by atoms with Gasteiger partial charge in [0.1, 0.15) is 0 Å². The second kappa shape index (κ2) is 5.01. The first-order valence-corrected chi connectivity index (χ1v) is 8.74. The Hall–Kier alpha value is -0.570. The lowest BCUT2D eigenvalue weighted by atomic mass is 9.53. The number of hydrogen-bond acceptors (Lipinski definition) is 2. The van der Waals surface area contributed by atoms with Crippen molar-refractivity contribution in [3.8, 4) is 0 Å². The Morgan fingerprint density at radius 2 is 1.55 bits per heavy atom. The lowest BCUT2D eigenvalue weighted by Crippen LogP contribution is -2.60. The van der Waals surface area contributed by atoms with Gasteiger partial charge in [-0.2, -0.15) is 0 Å². The second-order valence-corrected chi connectivity index (χ2v) is 8.04. The lowest BCUT2D eigenvalue weighted by molar-refractivity contribution is -0.127. The maximum absolute atomic E-state index is 12.3. The van der Waals surface area contributed by atoms with Gasteiger partial charge in [-0.25, -0.2) is 0 Å². The standard InChI is InChI=1S/C17H28N2O/c20-16(3-6-19-4-1-2-5-19)18-17-10-13-7-14(11-17)9-15(8-13)12-17/h13-15H,1-12H2,(H,18,20). The zero-order valence-electron chi connectivity index (χ0n) is 12.6. The summed E-state index contributed by atoms with van der Waals surface area (Å²) in [6, 6.07) is 0. The van der Waals surface area contributed by atoms with Gasteiger partial charge in [0.2, 0.25) is 5.91 Å². The van der Waals surface area contributed by atoms with E-state index in [9.17, 15) is 4.79 Å². The average Bonchev–Trinajstić information content (AvgIpc) is 2.87. The predicted octanol–water partition coefficient (Wildman–Crippen LogP) is 2.56. The first-order chi connectivity index (χ1) is 9.71. The van der Waals surface area contributed by atoms with Gasteiger partial charge >= 0.3 is 0 Å². The van der Waals surface area contributed by atoms with Crippen molar-refractivity contribution >= 4 is 5.91 Å². The smallest absolute Gasteiger partial charge is 0.221 e. The maximum Gasteiger partial charge on any atom is 0.221 e. The van der Waals surface area contributed by atoms with Crippen LogP contribution in [0.3, 0.4) is 0 Å². The molecular formula is C17H28N2O. The fourth-order valence-corrected chi connectivity index (χ4v) is 5.89. The molecule has 0 spiro atoms. The van der Waals surface area contributed by atoms with E-state index in [1.54, 1.807) is 0 Å². The Morgan fingerprint density at radius 1 is 1.00 bits per heavy atom. The summed E-state index contributed by atoms with van der Waals surface area (Å²) in [6.45, 7) is 3.37. The van der Waals surface area contributed by atoms with Crippen LogP contribution in [0.25, 0.3) is 0 Å². The number of carbonyl (C=O) groups excluding carboxylic acids is 1. The zero-order chi connectivity index (χ0) is 13.6. The van der Waals surface area contributed by atoms with Crippen LogP contribution in [0.4, 0.5) is 0 Å². The summed E-state index contributed by atoms with van der Waals surface area (Å²) in [5.74, 6) is 3.07. The van der Waals surface area contributed by atoms with E-state index in [0.717, 1.165) is 24.3 Å². The van der Waals surface area contributed by atoms with Crippen LogP contribution in [0, 0.1) is 17.8 Å². The average molecular weight is 276 g/mol. The minimum absolute atomic E-state index is 0.205. The molecule has 0 aromatic carbocycles. The summed E-state index contributed by atoms with van der Waals surface area (Å²) in [7, 11) is 0. The van der Waals surface area contributed by atoms with Crippen molar-refractivity contribution in [2.75, 3.05) is 19.6 Å². The minimum atomic E-state index is 0.205. The van der Waals surface area contributed by atoms with Crippen LogP contribution in [0.2, 0.25) is 0 Å². The Morgan fingerprint density at radius 3 is 2.10 bits per heavy atom. The van der Waals surface area contributed by atoms with Gasteiger partial charge in [-0.15, -0.1) is 0 Å². The minimum Gasteiger partial charge on any atom is -0.351 e. The molecule has 0 radical (unpaired) electrons. The molecule has 4 saturated carbocycles. The van der Waals surface area contributed by atoms with Crippen molar-refractivity contribution in [2.24, 2.45) is 17.8 Å². The van der Waals surface area contributed by atoms with Crippen LogP contribution in [-0.4, -0.2) is 36.0 Å². The molecule has 1 heterocycles. The van der Waals surface area contributed by atoms with Crippen molar-refractivity contribution in [3.63, 3.8) is 0 Å². The molecule has 1 amide bonds. The molecule has 3 nitrogen and oxygen atoms in total. The molecule has 1 N–H and O–H groups in total. The van der Waals surface area contributed by atoms with Crippen LogP contribution in [-0.2, 0) is 4.79 Å². The van der Waals surface area contributed by atoms with Crippen molar-refractivity contribution in [1.29, 1.82) is 0 Å². The third kappa shape index (κ3) is 2.49. The summed E-state index contributed by atoms with van der Waals surface area (Å²) in [5, 5.41) is 3.48. The monoisotopic (exact) mass is 276 g/mol. The van der Waals surface area contributed by atoms with Gasteiger partial charge in [-0.05, 0) is 82.2 Å². The number of nitrogens with zero attached hydrogens (tertiary/aromatic N) is 1. The van der Waals surface area contributed by atoms with Crippen LogP contribution >= 0.6 is 0 Å². The Balaban J connectivity index is 1.32. The molecule has 1 saturated heterocycles. The van der Waals surface area contributed by atoms with Gasteiger partial charge in [0.15, 0.2) is 0 Å². The molecule has 5 aliphatic rings. The predicted molar refractivity (Wildman–Crippen MR) is 79.3 cm³/mol. The summed E-state index contributed by atoms with van der Waals surface area (Å²) in [5.41, 5.74) is 0.205. The Kier molecular flexibility index (Phi) is 3.29. The Labute approximate surface area is 122 Å². The van der Waals surface area contributed by atoms with Crippen LogP contribution in [0.15, 0.2) is 0 Å². The highest BCUT2D eigenvalue weighted by Crippen LogP contribution is 2.55. The zero-order valence-corrected chi connectivity index (χ0v) is 12.6. The van der Waals surface area contributed by atoms with Gasteiger partial charge in [-0.1, -0.05) is 0 Å². The van der Waals surface area contributed by atoms with E-state index in [1.165, 1.54) is 64.5 Å². The molecule has 20 heavy (non-hydrogen) atoms. The highest BCUT2D eigenvalue weighted by atomic mass is 16.1. The second-order valence-electron chi connectivity index (χ2n) is 8.04. The first kappa shape index (κ1) is 13.1. The van der Waals surface area contributed by atoms with Crippen molar-refractivity contribution in [1.82, 2.24) is 10.2 Å². The van der Waals surface area contributed by atoms with Gasteiger partial charge in [0.05, 0.1) is 0 Å². The summed E-state index contributed by atoms with van der Waals surface area (Å²) in [4.78, 5) is 14.8. The third-order valence-corrected chi connectivity index (χ3v) is 6.30. The van der Waals surface area contributed by atoms with Gasteiger partial charge in [0.25, 0.3) is 0 Å². The number of rotatable bonds is 4.